The molecule has 0 bridgehead atoms. The zero-order valence-corrected chi connectivity index (χ0v) is 14.0. The second kappa shape index (κ2) is 7.33. The van der Waals surface area contributed by atoms with Gasteiger partial charge in [0, 0.05) is 24.2 Å². The molecule has 0 heterocycles. The minimum atomic E-state index is -3.57. The lowest BCUT2D eigenvalue weighted by molar-refractivity contribution is 0.418. The highest BCUT2D eigenvalue weighted by Crippen LogP contribution is 2.16. The molecule has 0 saturated carbocycles. The largest absolute Gasteiger partial charge is 0.308 e. The predicted octanol–water partition coefficient (Wildman–Crippen LogP) is 2.79. The van der Waals surface area contributed by atoms with E-state index in [1.54, 1.807) is 0 Å². The van der Waals surface area contributed by atoms with Crippen LogP contribution in [0.25, 0.3) is 0 Å². The molecule has 0 atom stereocenters. The number of benzene rings is 1. The molecule has 0 aliphatic heterocycles. The average Bonchev–Trinajstić information content (AvgIpc) is 2.36. The van der Waals surface area contributed by atoms with Crippen molar-refractivity contribution >= 4 is 10.0 Å². The molecular weight excluding hydrogens is 291 g/mol. The van der Waals surface area contributed by atoms with E-state index in [0.717, 1.165) is 12.8 Å². The normalized spacial score (nSPS) is 12.6. The van der Waals surface area contributed by atoms with Gasteiger partial charge in [0.15, 0.2) is 0 Å². The number of nitrogens with one attached hydrogen (secondary N) is 2. The van der Waals surface area contributed by atoms with Gasteiger partial charge in [-0.05, 0) is 45.4 Å². The third kappa shape index (κ3) is 6.11. The molecule has 1 aromatic rings. The zero-order valence-electron chi connectivity index (χ0n) is 13.2. The van der Waals surface area contributed by atoms with Crippen molar-refractivity contribution < 1.29 is 12.8 Å². The first kappa shape index (κ1) is 18.1. The smallest absolute Gasteiger partial charge is 0.240 e. The van der Waals surface area contributed by atoms with Gasteiger partial charge in [0.2, 0.25) is 10.0 Å². The first-order chi connectivity index (χ1) is 9.65. The molecule has 0 aliphatic carbocycles. The highest BCUT2D eigenvalue weighted by molar-refractivity contribution is 7.89. The Kier molecular flexibility index (Phi) is 6.31. The molecule has 0 spiro atoms. The Morgan fingerprint density at radius 3 is 2.48 bits per heavy atom. The molecule has 2 N–H and O–H groups in total. The maximum atomic E-state index is 13.8. The molecule has 120 valence electrons. The van der Waals surface area contributed by atoms with E-state index in [-0.39, 0.29) is 17.0 Å². The van der Waals surface area contributed by atoms with Crippen molar-refractivity contribution in [3.63, 3.8) is 0 Å². The Morgan fingerprint density at radius 1 is 1.24 bits per heavy atom. The Balaban J connectivity index is 2.90. The fourth-order valence-corrected chi connectivity index (χ4v) is 2.81. The summed E-state index contributed by atoms with van der Waals surface area (Å²) in [5, 5.41) is 3.15. The third-order valence-electron chi connectivity index (χ3n) is 2.96. The van der Waals surface area contributed by atoms with Crippen molar-refractivity contribution in [3.8, 4) is 0 Å². The van der Waals surface area contributed by atoms with E-state index in [1.807, 2.05) is 27.7 Å². The van der Waals surface area contributed by atoms with Gasteiger partial charge in [-0.25, -0.2) is 17.5 Å². The van der Waals surface area contributed by atoms with Crippen LogP contribution < -0.4 is 10.0 Å². The number of rotatable bonds is 7. The Labute approximate surface area is 127 Å². The first-order valence-corrected chi connectivity index (χ1v) is 8.67. The molecule has 0 amide bonds. The number of sulfonamides is 1. The fourth-order valence-electron chi connectivity index (χ4n) is 1.68. The van der Waals surface area contributed by atoms with Gasteiger partial charge in [0.05, 0.1) is 4.90 Å². The van der Waals surface area contributed by atoms with Gasteiger partial charge in [0.25, 0.3) is 0 Å². The van der Waals surface area contributed by atoms with Gasteiger partial charge >= 0.3 is 0 Å². The second-order valence-corrected chi connectivity index (χ2v) is 7.88. The van der Waals surface area contributed by atoms with Crippen LogP contribution in [0.2, 0.25) is 0 Å². The van der Waals surface area contributed by atoms with Crippen LogP contribution in [0.15, 0.2) is 23.1 Å². The molecule has 6 heteroatoms. The van der Waals surface area contributed by atoms with E-state index < -0.39 is 15.8 Å². The molecule has 0 fully saturated rings. The van der Waals surface area contributed by atoms with E-state index in [1.165, 1.54) is 18.2 Å². The van der Waals surface area contributed by atoms with Crippen LogP contribution in [0.3, 0.4) is 0 Å². The second-order valence-electron chi connectivity index (χ2n) is 6.11. The molecule has 0 unspecified atom stereocenters. The van der Waals surface area contributed by atoms with Crippen LogP contribution in [0.4, 0.5) is 4.39 Å². The highest BCUT2D eigenvalue weighted by atomic mass is 32.2. The highest BCUT2D eigenvalue weighted by Gasteiger charge is 2.17. The molecule has 0 aliphatic rings. The molecule has 21 heavy (non-hydrogen) atoms. The average molecular weight is 316 g/mol. The summed E-state index contributed by atoms with van der Waals surface area (Å²) in [4.78, 5) is 0.103. The van der Waals surface area contributed by atoms with Crippen molar-refractivity contribution in [1.82, 2.24) is 10.0 Å². The molecule has 0 saturated heterocycles. The quantitative estimate of drug-likeness (QED) is 0.761. The lowest BCUT2D eigenvalue weighted by Gasteiger charge is -2.21. The Morgan fingerprint density at radius 2 is 1.90 bits per heavy atom. The van der Waals surface area contributed by atoms with Gasteiger partial charge in [-0.1, -0.05) is 13.3 Å². The Bertz CT molecular complexity index is 566. The summed E-state index contributed by atoms with van der Waals surface area (Å²) in [5.74, 6) is -0.403. The van der Waals surface area contributed by atoms with Gasteiger partial charge < -0.3 is 5.32 Å². The van der Waals surface area contributed by atoms with E-state index >= 15 is 0 Å². The molecular formula is C15H25FN2O2S. The zero-order chi connectivity index (χ0) is 16.1. The van der Waals surface area contributed by atoms with Crippen LogP contribution in [0, 0.1) is 5.82 Å². The summed E-state index contributed by atoms with van der Waals surface area (Å²) in [6, 6.07) is 3.89. The lowest BCUT2D eigenvalue weighted by Crippen LogP contribution is -2.35. The van der Waals surface area contributed by atoms with Crippen molar-refractivity contribution in [1.29, 1.82) is 0 Å². The van der Waals surface area contributed by atoms with Crippen LogP contribution >= 0.6 is 0 Å². The lowest BCUT2D eigenvalue weighted by atomic mass is 10.1. The minimum Gasteiger partial charge on any atom is -0.308 e. The van der Waals surface area contributed by atoms with E-state index in [2.05, 4.69) is 10.0 Å². The van der Waals surface area contributed by atoms with Crippen LogP contribution in [0.5, 0.6) is 0 Å². The fraction of sp³-hybridized carbons (Fsp3) is 0.600. The maximum absolute atomic E-state index is 13.8. The topological polar surface area (TPSA) is 58.2 Å². The SMILES string of the molecule is CCCCNS(=O)(=O)c1ccc(F)c(CNC(C)(C)C)c1. The summed E-state index contributed by atoms with van der Waals surface area (Å²) >= 11 is 0. The first-order valence-electron chi connectivity index (χ1n) is 7.19. The summed E-state index contributed by atoms with van der Waals surface area (Å²) < 4.78 is 40.5. The van der Waals surface area contributed by atoms with Gasteiger partial charge in [0.1, 0.15) is 5.82 Å². The Hall–Kier alpha value is -0.980. The number of halogens is 1. The van der Waals surface area contributed by atoms with E-state index in [9.17, 15) is 12.8 Å². The van der Waals surface area contributed by atoms with Crippen LogP contribution in [-0.2, 0) is 16.6 Å². The standard InChI is InChI=1S/C15H25FN2O2S/c1-5-6-9-18-21(19,20)13-7-8-14(16)12(10-13)11-17-15(2,3)4/h7-8,10,17-18H,5-6,9,11H2,1-4H3. The summed E-state index contributed by atoms with van der Waals surface area (Å²) in [7, 11) is -3.57. The van der Waals surface area contributed by atoms with Crippen LogP contribution in [0.1, 0.15) is 46.1 Å². The molecule has 0 radical (unpaired) electrons. The van der Waals surface area contributed by atoms with E-state index in [0.29, 0.717) is 12.1 Å². The number of hydrogen-bond donors (Lipinski definition) is 2. The molecule has 0 aromatic heterocycles. The monoisotopic (exact) mass is 316 g/mol. The van der Waals surface area contributed by atoms with Crippen molar-refractivity contribution in [3.05, 3.63) is 29.6 Å². The van der Waals surface area contributed by atoms with Gasteiger partial charge in [-0.3, -0.25) is 0 Å². The summed E-state index contributed by atoms with van der Waals surface area (Å²) in [5.41, 5.74) is 0.184. The minimum absolute atomic E-state index is 0.103. The van der Waals surface area contributed by atoms with E-state index in [4.69, 9.17) is 0 Å². The predicted molar refractivity (Wildman–Crippen MR) is 83.1 cm³/mol. The molecule has 1 rings (SSSR count). The van der Waals surface area contributed by atoms with Crippen molar-refractivity contribution in [2.45, 2.75) is 57.5 Å². The van der Waals surface area contributed by atoms with Crippen LogP contribution in [-0.4, -0.2) is 20.5 Å². The summed E-state index contributed by atoms with van der Waals surface area (Å²) in [6.07, 6.45) is 1.69. The molecule has 4 nitrogen and oxygen atoms in total. The number of hydrogen-bond acceptors (Lipinski definition) is 3. The summed E-state index contributed by atoms with van der Waals surface area (Å²) in [6.45, 7) is 8.58. The van der Waals surface area contributed by atoms with Crippen molar-refractivity contribution in [2.75, 3.05) is 6.54 Å². The molecule has 1 aromatic carbocycles. The van der Waals surface area contributed by atoms with Crippen molar-refractivity contribution in [2.24, 2.45) is 0 Å². The third-order valence-corrected chi connectivity index (χ3v) is 4.42. The van der Waals surface area contributed by atoms with Gasteiger partial charge in [-0.15, -0.1) is 0 Å². The maximum Gasteiger partial charge on any atom is 0.240 e. The van der Waals surface area contributed by atoms with Gasteiger partial charge in [-0.2, -0.15) is 0 Å². The number of unbranched alkanes of at least 4 members (excludes halogenated alkanes) is 1.